The summed E-state index contributed by atoms with van der Waals surface area (Å²) in [5.41, 5.74) is 3.34. The van der Waals surface area contributed by atoms with Crippen LogP contribution < -0.4 is 5.32 Å². The molecule has 0 spiro atoms. The number of rotatable bonds is 4. The van der Waals surface area contributed by atoms with E-state index in [9.17, 15) is 4.79 Å². The first-order valence-corrected chi connectivity index (χ1v) is 8.16. The molecule has 1 N–H and O–H groups in total. The maximum Gasteiger partial charge on any atom is 0.254 e. The molecule has 3 heteroatoms. The first-order valence-electron chi connectivity index (χ1n) is 7.79. The van der Waals surface area contributed by atoms with Gasteiger partial charge < -0.3 is 5.32 Å². The average molecular weight is 336 g/mol. The van der Waals surface area contributed by atoms with Crippen LogP contribution in [0.2, 0.25) is 0 Å². The van der Waals surface area contributed by atoms with E-state index in [1.165, 1.54) is 0 Å². The van der Waals surface area contributed by atoms with Crippen molar-refractivity contribution in [1.29, 1.82) is 0 Å². The third-order valence-electron chi connectivity index (χ3n) is 3.97. The van der Waals surface area contributed by atoms with Crippen LogP contribution in [0.3, 0.4) is 0 Å². The van der Waals surface area contributed by atoms with Gasteiger partial charge in [0.25, 0.3) is 5.91 Å². The highest BCUT2D eigenvalue weighted by Crippen LogP contribution is 2.37. The third-order valence-corrected chi connectivity index (χ3v) is 4.57. The van der Waals surface area contributed by atoms with E-state index in [-0.39, 0.29) is 5.91 Å². The molecule has 24 heavy (non-hydrogen) atoms. The number of anilines is 1. The van der Waals surface area contributed by atoms with Crippen molar-refractivity contribution in [2.45, 2.75) is 11.8 Å². The lowest BCUT2D eigenvalue weighted by Gasteiger charge is -2.27. The molecule has 3 aromatic carbocycles. The van der Waals surface area contributed by atoms with Gasteiger partial charge in [-0.15, -0.1) is 0 Å². The zero-order valence-electron chi connectivity index (χ0n) is 13.4. The number of benzene rings is 3. The first-order chi connectivity index (χ1) is 11.6. The minimum absolute atomic E-state index is 0.273. The third kappa shape index (κ3) is 3.19. The fourth-order valence-corrected chi connectivity index (χ4v) is 2.92. The Morgan fingerprint density at radius 2 is 1.25 bits per heavy atom. The van der Waals surface area contributed by atoms with Gasteiger partial charge in [0, 0.05) is 5.69 Å². The predicted molar refractivity (Wildman–Crippen MR) is 99.3 cm³/mol. The van der Waals surface area contributed by atoms with Crippen LogP contribution in [0.1, 0.15) is 16.7 Å². The molecule has 3 aromatic rings. The van der Waals surface area contributed by atoms with Crippen molar-refractivity contribution < 1.29 is 4.79 Å². The number of aryl methyl sites for hydroxylation is 1. The summed E-state index contributed by atoms with van der Waals surface area (Å²) in [6.07, 6.45) is 0. The highest BCUT2D eigenvalue weighted by atomic mass is 35.5. The molecule has 0 bridgehead atoms. The van der Waals surface area contributed by atoms with Gasteiger partial charge in [0.15, 0.2) is 4.87 Å². The van der Waals surface area contributed by atoms with E-state index in [0.29, 0.717) is 0 Å². The molecule has 3 rings (SSSR count). The molecule has 0 atom stereocenters. The van der Waals surface area contributed by atoms with Crippen LogP contribution in [-0.2, 0) is 9.67 Å². The van der Waals surface area contributed by atoms with E-state index in [0.717, 1.165) is 22.4 Å². The van der Waals surface area contributed by atoms with Crippen LogP contribution in [0.25, 0.3) is 0 Å². The fourth-order valence-electron chi connectivity index (χ4n) is 2.62. The monoisotopic (exact) mass is 335 g/mol. The fraction of sp³-hybridized carbons (Fsp3) is 0.0952. The number of nitrogens with one attached hydrogen (secondary N) is 1. The van der Waals surface area contributed by atoms with Gasteiger partial charge in [0.2, 0.25) is 0 Å². The van der Waals surface area contributed by atoms with Crippen LogP contribution >= 0.6 is 11.6 Å². The van der Waals surface area contributed by atoms with Gasteiger partial charge >= 0.3 is 0 Å². The summed E-state index contributed by atoms with van der Waals surface area (Å²) in [6.45, 7) is 2.01. The van der Waals surface area contributed by atoms with Gasteiger partial charge in [-0.3, -0.25) is 4.79 Å². The molecule has 120 valence electrons. The first kappa shape index (κ1) is 16.3. The molecule has 0 aliphatic rings. The Hall–Kier alpha value is -2.58. The van der Waals surface area contributed by atoms with E-state index in [4.69, 9.17) is 11.6 Å². The average Bonchev–Trinajstić information content (AvgIpc) is 2.64. The smallest absolute Gasteiger partial charge is 0.254 e. The molecule has 1 amide bonds. The Labute approximate surface area is 147 Å². The Morgan fingerprint density at radius 1 is 0.792 bits per heavy atom. The molecule has 0 aliphatic heterocycles. The highest BCUT2D eigenvalue weighted by Gasteiger charge is 2.40. The minimum Gasteiger partial charge on any atom is -0.324 e. The van der Waals surface area contributed by atoms with E-state index >= 15 is 0 Å². The van der Waals surface area contributed by atoms with Gasteiger partial charge in [-0.1, -0.05) is 90.0 Å². The second-order valence-electron chi connectivity index (χ2n) is 5.71. The summed E-state index contributed by atoms with van der Waals surface area (Å²) in [4.78, 5) is 11.8. The predicted octanol–water partition coefficient (Wildman–Crippen LogP) is 5.12. The molecule has 0 saturated heterocycles. The van der Waals surface area contributed by atoms with Crippen molar-refractivity contribution in [1.82, 2.24) is 0 Å². The van der Waals surface area contributed by atoms with Crippen molar-refractivity contribution in [2.24, 2.45) is 0 Å². The molecular formula is C21H18ClNO. The number of hydrogen-bond acceptors (Lipinski definition) is 1. The Kier molecular flexibility index (Phi) is 4.68. The lowest BCUT2D eigenvalue weighted by molar-refractivity contribution is -0.117. The normalized spacial score (nSPS) is 11.1. The molecular weight excluding hydrogens is 318 g/mol. The highest BCUT2D eigenvalue weighted by molar-refractivity contribution is 6.38. The van der Waals surface area contributed by atoms with E-state index in [2.05, 4.69) is 5.32 Å². The molecule has 0 aromatic heterocycles. The number of hydrogen-bond donors (Lipinski definition) is 1. The topological polar surface area (TPSA) is 29.1 Å². The van der Waals surface area contributed by atoms with E-state index in [1.807, 2.05) is 91.9 Å². The quantitative estimate of drug-likeness (QED) is 0.659. The lowest BCUT2D eigenvalue weighted by atomic mass is 9.89. The maximum atomic E-state index is 13.1. The molecule has 0 unspecified atom stereocenters. The van der Waals surface area contributed by atoms with Gasteiger partial charge in [-0.05, 0) is 30.2 Å². The summed E-state index contributed by atoms with van der Waals surface area (Å²) in [5, 5.41) is 2.94. The number of carbonyl (C=O) groups is 1. The summed E-state index contributed by atoms with van der Waals surface area (Å²) in [5.74, 6) is -0.273. The van der Waals surface area contributed by atoms with Crippen LogP contribution in [-0.4, -0.2) is 5.91 Å². The largest absolute Gasteiger partial charge is 0.324 e. The molecule has 0 saturated carbocycles. The number of carbonyl (C=O) groups excluding carboxylic acids is 1. The molecule has 0 radical (unpaired) electrons. The lowest BCUT2D eigenvalue weighted by Crippen LogP contribution is -2.36. The zero-order chi connectivity index (χ0) is 17.0. The van der Waals surface area contributed by atoms with Crippen LogP contribution in [0, 0.1) is 6.92 Å². The summed E-state index contributed by atoms with van der Waals surface area (Å²) in [6, 6.07) is 26.5. The molecule has 0 heterocycles. The SMILES string of the molecule is Cc1ccc(NC(=O)C(Cl)(c2ccccc2)c2ccccc2)cc1. The van der Waals surface area contributed by atoms with Gasteiger partial charge in [-0.25, -0.2) is 0 Å². The van der Waals surface area contributed by atoms with Gasteiger partial charge in [0.05, 0.1) is 0 Å². The summed E-state index contributed by atoms with van der Waals surface area (Å²) >= 11 is 6.91. The Morgan fingerprint density at radius 3 is 1.71 bits per heavy atom. The maximum absolute atomic E-state index is 13.1. The van der Waals surface area contributed by atoms with Gasteiger partial charge in [0.1, 0.15) is 0 Å². The second-order valence-corrected chi connectivity index (χ2v) is 6.28. The molecule has 0 aliphatic carbocycles. The molecule has 2 nitrogen and oxygen atoms in total. The van der Waals surface area contributed by atoms with Crippen molar-refractivity contribution in [2.75, 3.05) is 5.32 Å². The number of alkyl halides is 1. The standard InChI is InChI=1S/C21H18ClNO/c1-16-12-14-19(15-13-16)23-20(24)21(22,17-8-4-2-5-9-17)18-10-6-3-7-11-18/h2-15H,1H3,(H,23,24). The van der Waals surface area contributed by atoms with Crippen LogP contribution in [0.4, 0.5) is 5.69 Å². The van der Waals surface area contributed by atoms with Crippen molar-refractivity contribution in [3.63, 3.8) is 0 Å². The Bertz CT molecular complexity index is 774. The number of amides is 1. The summed E-state index contributed by atoms with van der Waals surface area (Å²) in [7, 11) is 0. The number of halogens is 1. The van der Waals surface area contributed by atoms with Crippen molar-refractivity contribution in [3.8, 4) is 0 Å². The van der Waals surface area contributed by atoms with Crippen molar-refractivity contribution in [3.05, 3.63) is 102 Å². The minimum atomic E-state index is -1.28. The van der Waals surface area contributed by atoms with Gasteiger partial charge in [-0.2, -0.15) is 0 Å². The van der Waals surface area contributed by atoms with Crippen molar-refractivity contribution >= 4 is 23.2 Å². The van der Waals surface area contributed by atoms with Crippen LogP contribution in [0.5, 0.6) is 0 Å². The second kappa shape index (κ2) is 6.90. The van der Waals surface area contributed by atoms with E-state index < -0.39 is 4.87 Å². The summed E-state index contributed by atoms with van der Waals surface area (Å²) < 4.78 is 0. The zero-order valence-corrected chi connectivity index (χ0v) is 14.1. The molecule has 0 fully saturated rings. The van der Waals surface area contributed by atoms with E-state index in [1.54, 1.807) is 0 Å². The Balaban J connectivity index is 2.02. The van der Waals surface area contributed by atoms with Crippen LogP contribution in [0.15, 0.2) is 84.9 Å².